The van der Waals surface area contributed by atoms with Gasteiger partial charge in [-0.15, -0.1) is 0 Å². The molecule has 0 atom stereocenters. The van der Waals surface area contributed by atoms with Crippen molar-refractivity contribution >= 4 is 40.7 Å². The zero-order chi connectivity index (χ0) is 23.5. The normalized spacial score (nSPS) is 10.8. The largest absolute Gasteiger partial charge is 0.486 e. The van der Waals surface area contributed by atoms with Gasteiger partial charge in [0.25, 0.3) is 0 Å². The molecule has 9 heteroatoms. The molecule has 0 aliphatic heterocycles. The van der Waals surface area contributed by atoms with Crippen LogP contribution in [0.5, 0.6) is 5.75 Å². The van der Waals surface area contributed by atoms with Crippen LogP contribution in [0.1, 0.15) is 44.1 Å². The van der Waals surface area contributed by atoms with Crippen LogP contribution in [-0.4, -0.2) is 34.5 Å². The highest BCUT2D eigenvalue weighted by Crippen LogP contribution is 2.32. The summed E-state index contributed by atoms with van der Waals surface area (Å²) in [6.45, 7) is 1.99. The van der Waals surface area contributed by atoms with Crippen LogP contribution in [-0.2, 0) is 11.3 Å². The fourth-order valence-corrected chi connectivity index (χ4v) is 3.70. The van der Waals surface area contributed by atoms with Crippen molar-refractivity contribution in [2.45, 2.75) is 13.5 Å². The molecule has 8 nitrogen and oxygen atoms in total. The average molecular weight is 468 g/mol. The maximum absolute atomic E-state index is 11.9. The number of benzene rings is 2. The van der Waals surface area contributed by atoms with Gasteiger partial charge in [-0.2, -0.15) is 0 Å². The number of hydrogen-bond donors (Lipinski definition) is 1. The lowest BCUT2D eigenvalue weighted by molar-refractivity contribution is 0.0485. The number of aromatic nitrogens is 1. The molecule has 0 aliphatic rings. The number of hydrogen-bond acceptors (Lipinski definition) is 6. The fourth-order valence-electron chi connectivity index (χ4n) is 3.53. The van der Waals surface area contributed by atoms with Crippen LogP contribution >= 0.6 is 11.6 Å². The molecule has 0 saturated carbocycles. The Morgan fingerprint density at radius 2 is 1.97 bits per heavy atom. The van der Waals surface area contributed by atoms with Crippen molar-refractivity contribution in [2.75, 3.05) is 6.61 Å². The molecule has 4 aromatic rings. The third kappa shape index (κ3) is 4.33. The Bertz CT molecular complexity index is 1370. The first-order valence-electron chi connectivity index (χ1n) is 9.94. The van der Waals surface area contributed by atoms with E-state index >= 15 is 0 Å². The quantitative estimate of drug-likeness (QED) is 0.282. The molecule has 0 amide bonds. The van der Waals surface area contributed by atoms with Gasteiger partial charge in [0.15, 0.2) is 6.29 Å². The number of ether oxygens (including phenoxy) is 2. The minimum Gasteiger partial charge on any atom is -0.486 e. The fraction of sp³-hybridized carbons (Fsp3) is 0.125. The van der Waals surface area contributed by atoms with E-state index in [2.05, 4.69) is 0 Å². The molecular weight excluding hydrogens is 450 g/mol. The summed E-state index contributed by atoms with van der Waals surface area (Å²) >= 11 is 6.06. The molecule has 0 radical (unpaired) electrons. The molecule has 0 bridgehead atoms. The molecule has 2 aromatic heterocycles. The zero-order valence-corrected chi connectivity index (χ0v) is 18.2. The Morgan fingerprint density at radius 3 is 2.70 bits per heavy atom. The summed E-state index contributed by atoms with van der Waals surface area (Å²) < 4.78 is 17.7. The van der Waals surface area contributed by atoms with Crippen molar-refractivity contribution in [3.63, 3.8) is 0 Å². The molecular formula is C24H18ClNO7. The Morgan fingerprint density at radius 1 is 1.15 bits per heavy atom. The van der Waals surface area contributed by atoms with Crippen molar-refractivity contribution in [1.82, 2.24) is 4.57 Å². The van der Waals surface area contributed by atoms with E-state index in [0.717, 1.165) is 0 Å². The predicted molar refractivity (Wildman–Crippen MR) is 120 cm³/mol. The topological polar surface area (TPSA) is 108 Å². The molecule has 1 N–H and O–H groups in total. The zero-order valence-electron chi connectivity index (χ0n) is 17.4. The summed E-state index contributed by atoms with van der Waals surface area (Å²) in [6, 6.07) is 14.7. The van der Waals surface area contributed by atoms with E-state index < -0.39 is 11.9 Å². The van der Waals surface area contributed by atoms with Gasteiger partial charge in [-0.3, -0.25) is 4.79 Å². The van der Waals surface area contributed by atoms with E-state index in [0.29, 0.717) is 39.4 Å². The first-order valence-corrected chi connectivity index (χ1v) is 10.3. The number of halogens is 1. The predicted octanol–water partition coefficient (Wildman–Crippen LogP) is 5.14. The van der Waals surface area contributed by atoms with Gasteiger partial charge in [0.1, 0.15) is 23.8 Å². The van der Waals surface area contributed by atoms with E-state index in [-0.39, 0.29) is 30.2 Å². The summed E-state index contributed by atoms with van der Waals surface area (Å²) in [5.74, 6) is -0.831. The smallest absolute Gasteiger partial charge is 0.374 e. The summed E-state index contributed by atoms with van der Waals surface area (Å²) in [5.41, 5.74) is 0.903. The second kappa shape index (κ2) is 9.22. The van der Waals surface area contributed by atoms with Gasteiger partial charge < -0.3 is 23.6 Å². The van der Waals surface area contributed by atoms with E-state index in [1.165, 1.54) is 12.1 Å². The molecule has 4 rings (SSSR count). The van der Waals surface area contributed by atoms with Crippen LogP contribution in [0.2, 0.25) is 5.02 Å². The molecule has 0 unspecified atom stereocenters. The lowest BCUT2D eigenvalue weighted by atomic mass is 10.1. The number of fused-ring (bicyclic) bond motifs is 1. The highest BCUT2D eigenvalue weighted by molar-refractivity contribution is 6.31. The number of carbonyl (C=O) groups is 3. The third-order valence-electron chi connectivity index (χ3n) is 4.89. The van der Waals surface area contributed by atoms with Gasteiger partial charge in [0.05, 0.1) is 17.7 Å². The molecule has 0 aliphatic carbocycles. The maximum atomic E-state index is 11.9. The summed E-state index contributed by atoms with van der Waals surface area (Å²) in [6.07, 6.45) is 0.505. The molecule has 2 aromatic carbocycles. The van der Waals surface area contributed by atoms with Crippen LogP contribution in [0.3, 0.4) is 0 Å². The number of furan rings is 1. The number of aromatic carboxylic acids is 1. The van der Waals surface area contributed by atoms with Crippen LogP contribution < -0.4 is 4.74 Å². The van der Waals surface area contributed by atoms with Crippen molar-refractivity contribution < 1.29 is 33.4 Å². The number of carboxylic acid groups (broad SMARTS) is 1. The van der Waals surface area contributed by atoms with Gasteiger partial charge in [0.2, 0.25) is 5.76 Å². The van der Waals surface area contributed by atoms with Gasteiger partial charge in [-0.25, -0.2) is 9.59 Å². The Labute approximate surface area is 192 Å². The number of esters is 1. The first kappa shape index (κ1) is 22.2. The van der Waals surface area contributed by atoms with Gasteiger partial charge in [0, 0.05) is 22.2 Å². The molecule has 0 saturated heterocycles. The minimum absolute atomic E-state index is 0.0120. The van der Waals surface area contributed by atoms with E-state index in [4.69, 9.17) is 25.5 Å². The van der Waals surface area contributed by atoms with E-state index in [1.807, 2.05) is 0 Å². The summed E-state index contributed by atoms with van der Waals surface area (Å²) in [4.78, 5) is 35.5. The van der Waals surface area contributed by atoms with Gasteiger partial charge in [-0.1, -0.05) is 17.7 Å². The van der Waals surface area contributed by atoms with Gasteiger partial charge >= 0.3 is 11.9 Å². The summed E-state index contributed by atoms with van der Waals surface area (Å²) in [7, 11) is 0. The van der Waals surface area contributed by atoms with Crippen molar-refractivity contribution in [2.24, 2.45) is 0 Å². The highest BCUT2D eigenvalue weighted by atomic mass is 35.5. The maximum Gasteiger partial charge on any atom is 0.374 e. The second-order valence-electron chi connectivity index (χ2n) is 6.95. The van der Waals surface area contributed by atoms with E-state index in [9.17, 15) is 19.5 Å². The lowest BCUT2D eigenvalue weighted by Crippen LogP contribution is -2.05. The summed E-state index contributed by atoms with van der Waals surface area (Å²) in [5, 5.41) is 10.4. The molecule has 0 fully saturated rings. The highest BCUT2D eigenvalue weighted by Gasteiger charge is 2.23. The first-order chi connectivity index (χ1) is 15.9. The SMILES string of the molecule is CCOC(=O)c1ccc(COc2cccc(-n3c(C=O)c(C(=O)O)c4cc(Cl)ccc43)c2)o1. The molecule has 2 heterocycles. The average Bonchev–Trinajstić information content (AvgIpc) is 3.40. The van der Waals surface area contributed by atoms with Crippen LogP contribution in [0, 0.1) is 0 Å². The van der Waals surface area contributed by atoms with Crippen molar-refractivity contribution in [1.29, 1.82) is 0 Å². The monoisotopic (exact) mass is 467 g/mol. The van der Waals surface area contributed by atoms with Gasteiger partial charge in [-0.05, 0) is 49.4 Å². The number of nitrogens with zero attached hydrogens (tertiary/aromatic N) is 1. The van der Waals surface area contributed by atoms with Crippen LogP contribution in [0.4, 0.5) is 0 Å². The van der Waals surface area contributed by atoms with Crippen molar-refractivity contribution in [3.8, 4) is 11.4 Å². The minimum atomic E-state index is -1.23. The molecule has 0 spiro atoms. The Hall–Kier alpha value is -4.04. The lowest BCUT2D eigenvalue weighted by Gasteiger charge is -2.11. The Balaban J connectivity index is 1.67. The number of aldehydes is 1. The van der Waals surface area contributed by atoms with E-state index in [1.54, 1.807) is 54.0 Å². The molecule has 168 valence electrons. The van der Waals surface area contributed by atoms with Crippen LogP contribution in [0.15, 0.2) is 59.0 Å². The van der Waals surface area contributed by atoms with Crippen molar-refractivity contribution in [3.05, 3.63) is 82.4 Å². The number of rotatable bonds is 8. The van der Waals surface area contributed by atoms with Crippen LogP contribution in [0.25, 0.3) is 16.6 Å². The second-order valence-corrected chi connectivity index (χ2v) is 7.39. The molecule has 33 heavy (non-hydrogen) atoms. The number of carboxylic acids is 1. The standard InChI is InChI=1S/C24H18ClNO7/c1-2-31-24(30)21-9-7-17(33-21)13-32-16-5-3-4-15(11-16)26-19-8-6-14(25)10-18(19)22(23(28)29)20(26)12-27/h3-12H,2,13H2,1H3,(H,28,29). The number of carbonyl (C=O) groups excluding carboxylic acids is 2. The Kier molecular flexibility index (Phi) is 6.19. The third-order valence-corrected chi connectivity index (χ3v) is 5.12.